The average molecular weight is 272 g/mol. The third-order valence-electron chi connectivity index (χ3n) is 3.31. The van der Waals surface area contributed by atoms with Gasteiger partial charge in [-0.1, -0.05) is 30.3 Å². The fourth-order valence-electron chi connectivity index (χ4n) is 2.21. The predicted octanol–water partition coefficient (Wildman–Crippen LogP) is 0.679. The number of urea groups is 1. The second-order valence-corrected chi connectivity index (χ2v) is 4.78. The summed E-state index contributed by atoms with van der Waals surface area (Å²) >= 11 is 0. The summed E-state index contributed by atoms with van der Waals surface area (Å²) in [5.74, 6) is 0.488. The van der Waals surface area contributed by atoms with E-state index in [9.17, 15) is 4.79 Å². The number of nitrogens with two attached hydrogens (primary N) is 1. The zero-order valence-electron chi connectivity index (χ0n) is 10.8. The fraction of sp³-hybridized carbons (Fsp3) is 0.286. The van der Waals surface area contributed by atoms with Crippen molar-refractivity contribution in [3.63, 3.8) is 0 Å². The van der Waals surface area contributed by atoms with E-state index in [0.29, 0.717) is 12.5 Å². The van der Waals surface area contributed by atoms with Gasteiger partial charge < -0.3 is 21.1 Å². The molecule has 3 unspecified atom stereocenters. The van der Waals surface area contributed by atoms with Crippen LogP contribution in [-0.2, 0) is 4.74 Å². The minimum absolute atomic E-state index is 0.0994. The highest BCUT2D eigenvalue weighted by Gasteiger charge is 2.31. The monoisotopic (exact) mass is 272 g/mol. The van der Waals surface area contributed by atoms with E-state index in [1.165, 1.54) is 0 Å². The van der Waals surface area contributed by atoms with Crippen molar-refractivity contribution in [2.45, 2.75) is 18.1 Å². The Morgan fingerprint density at radius 2 is 2.00 bits per heavy atom. The summed E-state index contributed by atoms with van der Waals surface area (Å²) in [4.78, 5) is 15.4. The van der Waals surface area contributed by atoms with Crippen LogP contribution in [0.4, 0.5) is 4.79 Å². The van der Waals surface area contributed by atoms with Crippen molar-refractivity contribution in [2.24, 2.45) is 10.7 Å². The van der Waals surface area contributed by atoms with Gasteiger partial charge in [0.05, 0.1) is 18.1 Å². The molecule has 6 heteroatoms. The Balaban J connectivity index is 1.58. The highest BCUT2D eigenvalue weighted by molar-refractivity contribution is 5.85. The first kappa shape index (κ1) is 12.7. The summed E-state index contributed by atoms with van der Waals surface area (Å²) in [6.45, 7) is 0.339. The molecule has 0 bridgehead atoms. The van der Waals surface area contributed by atoms with Crippen LogP contribution in [0.3, 0.4) is 0 Å². The van der Waals surface area contributed by atoms with Crippen LogP contribution in [0.5, 0.6) is 0 Å². The van der Waals surface area contributed by atoms with Crippen LogP contribution in [0.15, 0.2) is 47.3 Å². The molecule has 0 saturated carbocycles. The summed E-state index contributed by atoms with van der Waals surface area (Å²) < 4.78 is 5.60. The lowest BCUT2D eigenvalue weighted by Gasteiger charge is -2.19. The third-order valence-corrected chi connectivity index (χ3v) is 3.31. The number of nitrogens with zero attached hydrogens (tertiary/aromatic N) is 1. The van der Waals surface area contributed by atoms with Gasteiger partial charge in [-0.25, -0.2) is 9.79 Å². The SMILES string of the molecule is NC(COC1=CC2NC(=O)NC2C=N1)c1ccccc1. The molecule has 3 rings (SSSR count). The highest BCUT2D eigenvalue weighted by Crippen LogP contribution is 2.16. The van der Waals surface area contributed by atoms with Gasteiger partial charge in [-0.2, -0.15) is 0 Å². The zero-order valence-corrected chi connectivity index (χ0v) is 10.8. The minimum Gasteiger partial charge on any atom is -0.476 e. The van der Waals surface area contributed by atoms with E-state index in [-0.39, 0.29) is 24.2 Å². The summed E-state index contributed by atoms with van der Waals surface area (Å²) in [6.07, 6.45) is 3.46. The number of carbonyl (C=O) groups excluding carboxylic acids is 1. The van der Waals surface area contributed by atoms with Crippen molar-refractivity contribution < 1.29 is 9.53 Å². The van der Waals surface area contributed by atoms with Crippen LogP contribution >= 0.6 is 0 Å². The molecular weight excluding hydrogens is 256 g/mol. The van der Waals surface area contributed by atoms with Gasteiger partial charge in [0, 0.05) is 12.3 Å². The molecule has 1 aromatic carbocycles. The Bertz CT molecular complexity index is 556. The van der Waals surface area contributed by atoms with Crippen molar-refractivity contribution in [1.82, 2.24) is 10.6 Å². The van der Waals surface area contributed by atoms with E-state index in [1.54, 1.807) is 12.3 Å². The molecule has 3 atom stereocenters. The van der Waals surface area contributed by atoms with Gasteiger partial charge in [0.2, 0.25) is 5.88 Å². The number of ether oxygens (including phenoxy) is 1. The number of hydrogen-bond donors (Lipinski definition) is 3. The van der Waals surface area contributed by atoms with Crippen molar-refractivity contribution in [1.29, 1.82) is 0 Å². The van der Waals surface area contributed by atoms with Crippen molar-refractivity contribution in [3.05, 3.63) is 47.9 Å². The topological polar surface area (TPSA) is 88.7 Å². The summed E-state index contributed by atoms with van der Waals surface area (Å²) in [6, 6.07) is 9.15. The maximum atomic E-state index is 11.2. The molecule has 2 amide bonds. The Labute approximate surface area is 116 Å². The number of carbonyl (C=O) groups is 1. The maximum absolute atomic E-state index is 11.2. The Morgan fingerprint density at radius 1 is 1.25 bits per heavy atom. The normalized spacial score (nSPS) is 25.2. The molecule has 1 fully saturated rings. The van der Waals surface area contributed by atoms with E-state index in [0.717, 1.165) is 5.56 Å². The zero-order chi connectivity index (χ0) is 13.9. The molecule has 0 radical (unpaired) electrons. The summed E-state index contributed by atoms with van der Waals surface area (Å²) in [5, 5.41) is 5.52. The summed E-state index contributed by atoms with van der Waals surface area (Å²) in [5.41, 5.74) is 7.07. The quantitative estimate of drug-likeness (QED) is 0.753. The van der Waals surface area contributed by atoms with Gasteiger partial charge in [-0.15, -0.1) is 0 Å². The van der Waals surface area contributed by atoms with Gasteiger partial charge in [0.1, 0.15) is 6.61 Å². The van der Waals surface area contributed by atoms with Gasteiger partial charge in [-0.3, -0.25) is 0 Å². The highest BCUT2D eigenvalue weighted by atomic mass is 16.5. The van der Waals surface area contributed by atoms with E-state index in [2.05, 4.69) is 15.6 Å². The molecule has 1 aromatic rings. The van der Waals surface area contributed by atoms with Gasteiger partial charge >= 0.3 is 6.03 Å². The van der Waals surface area contributed by atoms with E-state index < -0.39 is 0 Å². The van der Waals surface area contributed by atoms with Crippen LogP contribution in [0, 0.1) is 0 Å². The van der Waals surface area contributed by atoms with Crippen LogP contribution in [0.1, 0.15) is 11.6 Å². The molecule has 1 saturated heterocycles. The lowest BCUT2D eigenvalue weighted by atomic mass is 10.1. The first-order chi connectivity index (χ1) is 9.72. The molecular formula is C14H16N4O2. The second kappa shape index (κ2) is 5.34. The Morgan fingerprint density at radius 3 is 2.80 bits per heavy atom. The van der Waals surface area contributed by atoms with E-state index >= 15 is 0 Å². The average Bonchev–Trinajstić information content (AvgIpc) is 2.85. The molecule has 104 valence electrons. The fourth-order valence-corrected chi connectivity index (χ4v) is 2.21. The first-order valence-corrected chi connectivity index (χ1v) is 6.49. The third kappa shape index (κ3) is 2.65. The van der Waals surface area contributed by atoms with Crippen LogP contribution < -0.4 is 16.4 Å². The molecule has 0 spiro atoms. The van der Waals surface area contributed by atoms with Crippen LogP contribution in [0.2, 0.25) is 0 Å². The van der Waals surface area contributed by atoms with Gasteiger partial charge in [0.25, 0.3) is 0 Å². The molecule has 0 aromatic heterocycles. The van der Waals surface area contributed by atoms with E-state index in [1.807, 2.05) is 30.3 Å². The number of rotatable bonds is 4. The second-order valence-electron chi connectivity index (χ2n) is 4.78. The number of nitrogens with one attached hydrogen (secondary N) is 2. The van der Waals surface area contributed by atoms with Crippen LogP contribution in [0.25, 0.3) is 0 Å². The lowest BCUT2D eigenvalue weighted by molar-refractivity contribution is 0.189. The lowest BCUT2D eigenvalue weighted by Crippen LogP contribution is -2.35. The Hall–Kier alpha value is -2.34. The molecule has 6 nitrogen and oxygen atoms in total. The van der Waals surface area contributed by atoms with E-state index in [4.69, 9.17) is 10.5 Å². The van der Waals surface area contributed by atoms with Crippen molar-refractivity contribution in [2.75, 3.05) is 6.61 Å². The number of fused-ring (bicyclic) bond motifs is 1. The number of amides is 2. The number of aliphatic imine (C=N–C) groups is 1. The number of hydrogen-bond acceptors (Lipinski definition) is 4. The van der Waals surface area contributed by atoms with Crippen molar-refractivity contribution in [3.8, 4) is 0 Å². The maximum Gasteiger partial charge on any atom is 0.315 e. The molecule has 2 aliphatic rings. The Kier molecular flexibility index (Phi) is 3.39. The smallest absolute Gasteiger partial charge is 0.315 e. The number of benzene rings is 1. The molecule has 20 heavy (non-hydrogen) atoms. The molecule has 0 aliphatic carbocycles. The molecule has 2 heterocycles. The van der Waals surface area contributed by atoms with Crippen LogP contribution in [-0.4, -0.2) is 30.9 Å². The van der Waals surface area contributed by atoms with Gasteiger partial charge in [0.15, 0.2) is 0 Å². The minimum atomic E-state index is -0.207. The van der Waals surface area contributed by atoms with Gasteiger partial charge in [-0.05, 0) is 5.56 Å². The summed E-state index contributed by atoms with van der Waals surface area (Å²) in [7, 11) is 0. The first-order valence-electron chi connectivity index (χ1n) is 6.49. The van der Waals surface area contributed by atoms with Crippen molar-refractivity contribution >= 4 is 12.2 Å². The predicted molar refractivity (Wildman–Crippen MR) is 75.1 cm³/mol. The molecule has 4 N–H and O–H groups in total. The molecule has 2 aliphatic heterocycles. The largest absolute Gasteiger partial charge is 0.476 e. The standard InChI is InChI=1S/C14H16N4O2/c15-10(9-4-2-1-3-5-9)8-20-13-6-11-12(7-16-13)18-14(19)17-11/h1-7,10-12H,8,15H2,(H2,17,18,19).